The quantitative estimate of drug-likeness (QED) is 0.336. The summed E-state index contributed by atoms with van der Waals surface area (Å²) in [5.41, 5.74) is -0.206. The summed E-state index contributed by atoms with van der Waals surface area (Å²) < 4.78 is 18.2. The molecule has 49 heavy (non-hydrogen) atoms. The van der Waals surface area contributed by atoms with Crippen LogP contribution in [0.1, 0.15) is 51.7 Å². The van der Waals surface area contributed by atoms with Crippen LogP contribution in [0.2, 0.25) is 0 Å². The highest BCUT2D eigenvalue weighted by Gasteiger charge is 2.74. The van der Waals surface area contributed by atoms with Gasteiger partial charge in [0, 0.05) is 18.7 Å². The van der Waals surface area contributed by atoms with E-state index in [1.54, 1.807) is 55.4 Å². The summed E-state index contributed by atoms with van der Waals surface area (Å²) in [6.07, 6.45) is 6.57. The molecule has 0 unspecified atom stereocenters. The van der Waals surface area contributed by atoms with Crippen LogP contribution in [0.3, 0.4) is 0 Å². The maximum absolute atomic E-state index is 15.0. The number of rotatable bonds is 7. The first kappa shape index (κ1) is 34.4. The lowest BCUT2D eigenvalue weighted by atomic mass is 9.74. The van der Waals surface area contributed by atoms with Crippen molar-refractivity contribution in [2.24, 2.45) is 17.8 Å². The van der Waals surface area contributed by atoms with Crippen LogP contribution < -0.4 is 15.0 Å². The summed E-state index contributed by atoms with van der Waals surface area (Å²) in [4.78, 5) is 60.1. The standard InChI is InChI=1S/C38H45N3O8/c1-23(2)21-27(22-42)41-34-36(45)40(26-14-16-28(47-4)17-15-26)20-10-6-9-13-30(43)39-24(3)33(25-11-7-5-8-12-25)48-37(46)31-29-18-19-38(34,49-29)32(31)35(41)44/h5-8,10-12,14-19,23-24,27,29,31-34,42H,9,13,20-22H2,1-4H3,(H,39,43)/b10-6-/t24-,27+,29+,31-,32-,33+,34+,38-/m0/s1. The number of methoxy groups -OCH3 is 1. The highest BCUT2D eigenvalue weighted by atomic mass is 16.6. The molecule has 4 heterocycles. The summed E-state index contributed by atoms with van der Waals surface area (Å²) in [5.74, 6) is -3.10. The highest BCUT2D eigenvalue weighted by Crippen LogP contribution is 2.56. The number of fused-ring (bicyclic) bond motifs is 2. The third-order valence-electron chi connectivity index (χ3n) is 10.0. The van der Waals surface area contributed by atoms with Gasteiger partial charge in [0.05, 0.1) is 37.8 Å². The van der Waals surface area contributed by atoms with Crippen molar-refractivity contribution in [1.82, 2.24) is 10.2 Å². The number of aliphatic hydroxyl groups is 1. The van der Waals surface area contributed by atoms with Gasteiger partial charge >= 0.3 is 5.97 Å². The molecule has 0 saturated carbocycles. The first-order valence-corrected chi connectivity index (χ1v) is 17.0. The van der Waals surface area contributed by atoms with Gasteiger partial charge in [0.2, 0.25) is 11.8 Å². The van der Waals surface area contributed by atoms with Crippen molar-refractivity contribution in [2.45, 2.75) is 76.0 Å². The number of amides is 3. The van der Waals surface area contributed by atoms with Crippen LogP contribution in [-0.2, 0) is 28.7 Å². The van der Waals surface area contributed by atoms with Crippen molar-refractivity contribution in [2.75, 3.05) is 25.2 Å². The SMILES string of the molecule is COc1ccc(N2C/C=C\CCC(=O)N[C@@H](C)[C@H](c3ccccc3)OC(=O)[C@@H]3[C@H]4C(=O)N([C@@H](CO)CC(C)C)[C@H](C2=O)[C@]42C=C[C@H]3O2)cc1. The summed E-state index contributed by atoms with van der Waals surface area (Å²) >= 11 is 0. The van der Waals surface area contributed by atoms with Crippen molar-refractivity contribution >= 4 is 29.4 Å². The third-order valence-corrected chi connectivity index (χ3v) is 10.0. The van der Waals surface area contributed by atoms with Crippen molar-refractivity contribution < 1.29 is 38.5 Å². The van der Waals surface area contributed by atoms with Crippen molar-refractivity contribution in [1.29, 1.82) is 0 Å². The van der Waals surface area contributed by atoms with Gasteiger partial charge in [-0.1, -0.05) is 68.5 Å². The topological polar surface area (TPSA) is 135 Å². The van der Waals surface area contributed by atoms with E-state index in [-0.39, 0.29) is 31.4 Å². The number of anilines is 1. The Morgan fingerprint density at radius 2 is 1.76 bits per heavy atom. The van der Waals surface area contributed by atoms with E-state index in [0.29, 0.717) is 29.8 Å². The fourth-order valence-corrected chi connectivity index (χ4v) is 7.82. The van der Waals surface area contributed by atoms with E-state index in [2.05, 4.69) is 5.32 Å². The number of hydrogen-bond acceptors (Lipinski definition) is 8. The molecule has 3 amide bonds. The van der Waals surface area contributed by atoms with E-state index in [4.69, 9.17) is 14.2 Å². The summed E-state index contributed by atoms with van der Waals surface area (Å²) in [5, 5.41) is 13.7. The smallest absolute Gasteiger partial charge is 0.313 e. The van der Waals surface area contributed by atoms with Gasteiger partial charge in [-0.05, 0) is 55.5 Å². The summed E-state index contributed by atoms with van der Waals surface area (Å²) in [6.45, 7) is 5.54. The van der Waals surface area contributed by atoms with Gasteiger partial charge in [0.25, 0.3) is 5.91 Å². The number of nitrogens with zero attached hydrogens (tertiary/aromatic N) is 2. The minimum absolute atomic E-state index is 0.0988. The number of benzene rings is 2. The number of esters is 1. The number of likely N-dealkylation sites (tertiary alicyclic amines) is 1. The van der Waals surface area contributed by atoms with Crippen molar-refractivity contribution in [3.05, 3.63) is 84.5 Å². The van der Waals surface area contributed by atoms with Gasteiger partial charge in [-0.25, -0.2) is 0 Å². The van der Waals surface area contributed by atoms with Crippen LogP contribution in [0.4, 0.5) is 5.69 Å². The Morgan fingerprint density at radius 3 is 2.43 bits per heavy atom. The normalized spacial score (nSPS) is 31.5. The lowest BCUT2D eigenvalue weighted by Crippen LogP contribution is -2.59. The minimum Gasteiger partial charge on any atom is -0.497 e. The molecule has 1 spiro atoms. The molecule has 6 rings (SSSR count). The largest absolute Gasteiger partial charge is 0.497 e. The average Bonchev–Trinajstić information content (AvgIpc) is 3.74. The molecule has 0 aromatic heterocycles. The van der Waals surface area contributed by atoms with Gasteiger partial charge < -0.3 is 34.4 Å². The molecule has 8 atom stereocenters. The van der Waals surface area contributed by atoms with Gasteiger partial charge in [-0.2, -0.15) is 0 Å². The Morgan fingerprint density at radius 1 is 1.02 bits per heavy atom. The average molecular weight is 672 g/mol. The molecule has 4 aliphatic rings. The van der Waals surface area contributed by atoms with E-state index in [1.165, 1.54) is 4.90 Å². The monoisotopic (exact) mass is 671 g/mol. The van der Waals surface area contributed by atoms with E-state index in [1.807, 2.05) is 56.3 Å². The lowest BCUT2D eigenvalue weighted by Gasteiger charge is -2.39. The zero-order chi connectivity index (χ0) is 34.9. The molecule has 4 aliphatic heterocycles. The molecular formula is C38H45N3O8. The van der Waals surface area contributed by atoms with Crippen LogP contribution in [0.25, 0.3) is 0 Å². The molecule has 11 nitrogen and oxygen atoms in total. The number of cyclic esters (lactones) is 1. The van der Waals surface area contributed by atoms with Crippen LogP contribution in [0.5, 0.6) is 5.75 Å². The molecular weight excluding hydrogens is 626 g/mol. The first-order valence-electron chi connectivity index (χ1n) is 17.0. The molecule has 2 aromatic rings. The Bertz CT molecular complexity index is 1610. The molecule has 2 N–H and O–H groups in total. The maximum Gasteiger partial charge on any atom is 0.313 e. The zero-order valence-electron chi connectivity index (χ0n) is 28.4. The first-order chi connectivity index (χ1) is 23.6. The second kappa shape index (κ2) is 14.2. The molecule has 5 bridgehead atoms. The fourth-order valence-electron chi connectivity index (χ4n) is 7.82. The van der Waals surface area contributed by atoms with Gasteiger partial charge in [-0.3, -0.25) is 19.2 Å². The fraction of sp³-hybridized carbons (Fsp3) is 0.474. The molecule has 2 aromatic carbocycles. The van der Waals surface area contributed by atoms with E-state index in [9.17, 15) is 19.5 Å². The van der Waals surface area contributed by atoms with Crippen LogP contribution >= 0.6 is 0 Å². The Balaban J connectivity index is 1.47. The number of hydrogen-bond donors (Lipinski definition) is 2. The number of aliphatic hydroxyl groups excluding tert-OH is 1. The summed E-state index contributed by atoms with van der Waals surface area (Å²) in [7, 11) is 1.56. The molecule has 2 saturated heterocycles. The second-order valence-corrected chi connectivity index (χ2v) is 13.7. The number of nitrogens with one attached hydrogen (secondary N) is 1. The lowest BCUT2D eigenvalue weighted by molar-refractivity contribution is -0.161. The molecule has 2 fully saturated rings. The van der Waals surface area contributed by atoms with Crippen LogP contribution in [-0.4, -0.2) is 83.8 Å². The number of ether oxygens (including phenoxy) is 3. The van der Waals surface area contributed by atoms with E-state index < -0.39 is 65.6 Å². The number of allylic oxidation sites excluding steroid dienone is 1. The van der Waals surface area contributed by atoms with E-state index >= 15 is 4.79 Å². The summed E-state index contributed by atoms with van der Waals surface area (Å²) in [6, 6.07) is 13.8. The van der Waals surface area contributed by atoms with Crippen LogP contribution in [0, 0.1) is 17.8 Å². The molecule has 0 radical (unpaired) electrons. The van der Waals surface area contributed by atoms with E-state index in [0.717, 1.165) is 0 Å². The Hall–Kier alpha value is -4.48. The molecule has 260 valence electrons. The minimum atomic E-state index is -1.46. The van der Waals surface area contributed by atoms with Crippen LogP contribution in [0.15, 0.2) is 78.9 Å². The number of carbonyl (C=O) groups excluding carboxylic acids is 4. The molecule has 0 aliphatic carbocycles. The molecule has 11 heteroatoms. The number of carbonyl (C=O) groups is 4. The second-order valence-electron chi connectivity index (χ2n) is 13.7. The third kappa shape index (κ3) is 6.37. The predicted molar refractivity (Wildman–Crippen MR) is 181 cm³/mol. The van der Waals surface area contributed by atoms with Gasteiger partial charge in [0.15, 0.2) is 0 Å². The zero-order valence-corrected chi connectivity index (χ0v) is 28.4. The maximum atomic E-state index is 15.0. The predicted octanol–water partition coefficient (Wildman–Crippen LogP) is 3.73. The Kier molecular flexibility index (Phi) is 9.94. The van der Waals surface area contributed by atoms with Crippen molar-refractivity contribution in [3.8, 4) is 5.75 Å². The van der Waals surface area contributed by atoms with Gasteiger partial charge in [-0.15, -0.1) is 0 Å². The van der Waals surface area contributed by atoms with Gasteiger partial charge in [0.1, 0.15) is 29.4 Å². The Labute approximate surface area is 286 Å². The highest BCUT2D eigenvalue weighted by molar-refractivity contribution is 6.05. The van der Waals surface area contributed by atoms with Crippen molar-refractivity contribution in [3.63, 3.8) is 0 Å².